The zero-order valence-electron chi connectivity index (χ0n) is 15.1. The minimum Gasteiger partial charge on any atom is -0.363 e. The highest BCUT2D eigenvalue weighted by molar-refractivity contribution is 9.10. The van der Waals surface area contributed by atoms with Gasteiger partial charge in [-0.2, -0.15) is 9.29 Å². The summed E-state index contributed by atoms with van der Waals surface area (Å²) >= 11 is 3.34. The average Bonchev–Trinajstić information content (AvgIpc) is 2.61. The second kappa shape index (κ2) is 7.50. The van der Waals surface area contributed by atoms with E-state index in [2.05, 4.69) is 25.9 Å². The minimum atomic E-state index is -3.52. The fraction of sp³-hybridized carbons (Fsp3) is 0.412. The zero-order valence-corrected chi connectivity index (χ0v) is 17.5. The van der Waals surface area contributed by atoms with E-state index in [0.717, 1.165) is 11.5 Å². The number of hydrogen-bond donors (Lipinski definition) is 0. The maximum absolute atomic E-state index is 12.9. The molecule has 1 aliphatic heterocycles. The molecule has 1 fully saturated rings. The summed E-state index contributed by atoms with van der Waals surface area (Å²) < 4.78 is 27.9. The van der Waals surface area contributed by atoms with Crippen LogP contribution in [0.3, 0.4) is 0 Å². The third-order valence-electron chi connectivity index (χ3n) is 4.26. The second-order valence-electron chi connectivity index (χ2n) is 6.38. The van der Waals surface area contributed by atoms with Crippen molar-refractivity contribution in [2.45, 2.75) is 11.8 Å². The summed E-state index contributed by atoms with van der Waals surface area (Å²) in [4.78, 5) is 13.4. The Bertz CT molecular complexity index is 896. The van der Waals surface area contributed by atoms with Crippen LogP contribution < -0.4 is 9.80 Å². The Kier molecular flexibility index (Phi) is 5.50. The van der Waals surface area contributed by atoms with Gasteiger partial charge in [0.1, 0.15) is 5.82 Å². The van der Waals surface area contributed by atoms with Crippen molar-refractivity contribution in [3.63, 3.8) is 0 Å². The number of sulfonamides is 1. The molecular weight excluding hydrogens is 418 g/mol. The van der Waals surface area contributed by atoms with Crippen molar-refractivity contribution >= 4 is 37.7 Å². The van der Waals surface area contributed by atoms with Gasteiger partial charge < -0.3 is 9.80 Å². The fourth-order valence-corrected chi connectivity index (χ4v) is 5.21. The number of anilines is 2. The third-order valence-corrected chi connectivity index (χ3v) is 7.17. The van der Waals surface area contributed by atoms with E-state index in [-0.39, 0.29) is 0 Å². The minimum absolute atomic E-state index is 0.301. The Morgan fingerprint density at radius 1 is 1.08 bits per heavy atom. The molecule has 0 N–H and O–H groups in total. The van der Waals surface area contributed by atoms with Gasteiger partial charge in [0.05, 0.1) is 4.90 Å². The highest BCUT2D eigenvalue weighted by Gasteiger charge is 2.30. The lowest BCUT2D eigenvalue weighted by atomic mass is 10.3. The molecule has 9 heteroatoms. The smallest absolute Gasteiger partial charge is 0.244 e. The lowest BCUT2D eigenvalue weighted by Gasteiger charge is -2.34. The van der Waals surface area contributed by atoms with Crippen LogP contribution in [0.2, 0.25) is 0 Å². The fourth-order valence-electron chi connectivity index (χ4n) is 2.83. The van der Waals surface area contributed by atoms with Crippen LogP contribution in [0.4, 0.5) is 11.8 Å². The predicted molar refractivity (Wildman–Crippen MR) is 106 cm³/mol. The summed E-state index contributed by atoms with van der Waals surface area (Å²) in [5.74, 6) is 1.49. The van der Waals surface area contributed by atoms with Crippen LogP contribution in [-0.2, 0) is 10.0 Å². The van der Waals surface area contributed by atoms with Crippen molar-refractivity contribution in [1.29, 1.82) is 0 Å². The largest absolute Gasteiger partial charge is 0.363 e. The first kappa shape index (κ1) is 19.1. The first-order chi connectivity index (χ1) is 12.3. The molecule has 26 heavy (non-hydrogen) atoms. The van der Waals surface area contributed by atoms with Crippen LogP contribution in [-0.4, -0.2) is 63.0 Å². The van der Waals surface area contributed by atoms with Gasteiger partial charge in [0.2, 0.25) is 16.0 Å². The van der Waals surface area contributed by atoms with Crippen LogP contribution in [0, 0.1) is 6.92 Å². The SMILES string of the molecule is Cc1cc(N(C)C)nc(N2CCN(S(=O)(=O)c3ccccc3Br)CC2)n1. The van der Waals surface area contributed by atoms with Gasteiger partial charge in [-0.05, 0) is 35.0 Å². The highest BCUT2D eigenvalue weighted by Crippen LogP contribution is 2.26. The zero-order chi connectivity index (χ0) is 18.9. The standard InChI is InChI=1S/C17H22BrN5O2S/c1-13-12-16(21(2)3)20-17(19-13)22-8-10-23(11-9-22)26(24,25)15-7-5-4-6-14(15)18/h4-7,12H,8-11H2,1-3H3. The Balaban J connectivity index is 1.77. The highest BCUT2D eigenvalue weighted by atomic mass is 79.9. The Morgan fingerprint density at radius 3 is 2.35 bits per heavy atom. The molecule has 0 spiro atoms. The summed E-state index contributed by atoms with van der Waals surface area (Å²) in [6, 6.07) is 8.83. The van der Waals surface area contributed by atoms with Gasteiger partial charge in [0.25, 0.3) is 0 Å². The first-order valence-electron chi connectivity index (χ1n) is 8.31. The maximum Gasteiger partial charge on any atom is 0.244 e. The van der Waals surface area contributed by atoms with E-state index >= 15 is 0 Å². The van der Waals surface area contributed by atoms with E-state index in [1.807, 2.05) is 36.9 Å². The number of benzene rings is 1. The number of piperazine rings is 1. The van der Waals surface area contributed by atoms with Crippen molar-refractivity contribution in [1.82, 2.24) is 14.3 Å². The maximum atomic E-state index is 12.9. The number of nitrogens with zero attached hydrogens (tertiary/aromatic N) is 5. The molecule has 1 saturated heterocycles. The molecule has 1 aromatic carbocycles. The Morgan fingerprint density at radius 2 is 1.73 bits per heavy atom. The molecule has 2 aromatic rings. The molecular formula is C17H22BrN5O2S. The van der Waals surface area contributed by atoms with Crippen LogP contribution in [0.25, 0.3) is 0 Å². The van der Waals surface area contributed by atoms with E-state index in [1.165, 1.54) is 4.31 Å². The lowest BCUT2D eigenvalue weighted by molar-refractivity contribution is 0.382. The van der Waals surface area contributed by atoms with E-state index in [1.54, 1.807) is 24.3 Å². The Labute approximate surface area is 162 Å². The molecule has 140 valence electrons. The molecule has 1 aliphatic rings. The molecule has 3 rings (SSSR count). The molecule has 2 heterocycles. The molecule has 0 atom stereocenters. The van der Waals surface area contributed by atoms with Gasteiger partial charge in [-0.3, -0.25) is 0 Å². The topological polar surface area (TPSA) is 69.6 Å². The summed E-state index contributed by atoms with van der Waals surface area (Å²) in [6.07, 6.45) is 0. The van der Waals surface area contributed by atoms with Crippen LogP contribution in [0.5, 0.6) is 0 Å². The summed E-state index contributed by atoms with van der Waals surface area (Å²) in [7, 11) is 0.359. The van der Waals surface area contributed by atoms with Crippen molar-refractivity contribution in [2.24, 2.45) is 0 Å². The molecule has 0 bridgehead atoms. The average molecular weight is 440 g/mol. The normalized spacial score (nSPS) is 15.9. The number of aromatic nitrogens is 2. The molecule has 0 radical (unpaired) electrons. The number of rotatable bonds is 4. The lowest BCUT2D eigenvalue weighted by Crippen LogP contribution is -2.49. The Hall–Kier alpha value is -1.71. The molecule has 0 saturated carbocycles. The van der Waals surface area contributed by atoms with Gasteiger partial charge in [0, 0.05) is 56.5 Å². The third kappa shape index (κ3) is 3.84. The monoisotopic (exact) mass is 439 g/mol. The molecule has 0 aliphatic carbocycles. The first-order valence-corrected chi connectivity index (χ1v) is 10.5. The second-order valence-corrected chi connectivity index (χ2v) is 9.14. The van der Waals surface area contributed by atoms with Crippen LogP contribution in [0.1, 0.15) is 5.69 Å². The van der Waals surface area contributed by atoms with Crippen molar-refractivity contribution in [3.8, 4) is 0 Å². The summed E-state index contributed by atoms with van der Waals surface area (Å²) in [5, 5.41) is 0. The van der Waals surface area contributed by atoms with Crippen molar-refractivity contribution in [2.75, 3.05) is 50.1 Å². The van der Waals surface area contributed by atoms with Gasteiger partial charge in [-0.15, -0.1) is 0 Å². The van der Waals surface area contributed by atoms with Crippen molar-refractivity contribution < 1.29 is 8.42 Å². The van der Waals surface area contributed by atoms with E-state index in [0.29, 0.717) is 41.5 Å². The van der Waals surface area contributed by atoms with Gasteiger partial charge >= 0.3 is 0 Å². The quantitative estimate of drug-likeness (QED) is 0.726. The number of aryl methyl sites for hydroxylation is 1. The van der Waals surface area contributed by atoms with Gasteiger partial charge in [-0.25, -0.2) is 13.4 Å². The van der Waals surface area contributed by atoms with Crippen molar-refractivity contribution in [3.05, 3.63) is 40.5 Å². The molecule has 0 unspecified atom stereocenters. The molecule has 0 amide bonds. The number of hydrogen-bond acceptors (Lipinski definition) is 6. The number of halogens is 1. The predicted octanol–water partition coefficient (Wildman–Crippen LogP) is 2.12. The van der Waals surface area contributed by atoms with Crippen LogP contribution in [0.15, 0.2) is 39.7 Å². The molecule has 7 nitrogen and oxygen atoms in total. The molecule has 1 aromatic heterocycles. The van der Waals surface area contributed by atoms with Crippen LogP contribution >= 0.6 is 15.9 Å². The van der Waals surface area contributed by atoms with E-state index in [4.69, 9.17) is 0 Å². The van der Waals surface area contributed by atoms with E-state index in [9.17, 15) is 8.42 Å². The summed E-state index contributed by atoms with van der Waals surface area (Å²) in [5.41, 5.74) is 0.891. The van der Waals surface area contributed by atoms with Gasteiger partial charge in [0.15, 0.2) is 0 Å². The summed E-state index contributed by atoms with van der Waals surface area (Å²) in [6.45, 7) is 3.85. The van der Waals surface area contributed by atoms with E-state index < -0.39 is 10.0 Å². The van der Waals surface area contributed by atoms with Gasteiger partial charge in [-0.1, -0.05) is 12.1 Å².